The van der Waals surface area contributed by atoms with Gasteiger partial charge in [0.05, 0.1) is 5.56 Å². The van der Waals surface area contributed by atoms with E-state index >= 15 is 0 Å². The van der Waals surface area contributed by atoms with Crippen LogP contribution < -0.4 is 10.1 Å². The van der Waals surface area contributed by atoms with E-state index in [1.807, 2.05) is 26.0 Å². The summed E-state index contributed by atoms with van der Waals surface area (Å²) >= 11 is 0. The number of rotatable bonds is 7. The predicted octanol–water partition coefficient (Wildman–Crippen LogP) is 3.35. The monoisotopic (exact) mass is 369 g/mol. The average molecular weight is 369 g/mol. The van der Waals surface area contributed by atoms with Gasteiger partial charge in [0.2, 0.25) is 0 Å². The zero-order chi connectivity index (χ0) is 19.8. The molecule has 142 valence electrons. The van der Waals surface area contributed by atoms with E-state index in [1.54, 1.807) is 36.4 Å². The maximum absolute atomic E-state index is 12.0. The van der Waals surface area contributed by atoms with Gasteiger partial charge in [-0.1, -0.05) is 31.2 Å². The maximum Gasteiger partial charge on any atom is 0.338 e. The van der Waals surface area contributed by atoms with E-state index in [9.17, 15) is 14.4 Å². The fraction of sp³-hybridized carbons (Fsp3) is 0.286. The van der Waals surface area contributed by atoms with E-state index < -0.39 is 5.97 Å². The molecule has 0 aromatic heterocycles. The lowest BCUT2D eigenvalue weighted by Crippen LogP contribution is -2.35. The van der Waals surface area contributed by atoms with Crippen molar-refractivity contribution in [2.75, 3.05) is 6.61 Å². The number of carbonyl (C=O) groups is 3. The second-order valence-electron chi connectivity index (χ2n) is 6.15. The molecule has 2 aromatic carbocycles. The third-order valence-electron chi connectivity index (χ3n) is 3.92. The molecule has 0 unspecified atom stereocenters. The minimum absolute atomic E-state index is 0.0442. The van der Waals surface area contributed by atoms with Crippen LogP contribution >= 0.6 is 0 Å². The summed E-state index contributed by atoms with van der Waals surface area (Å²) in [6, 6.07) is 14.0. The molecule has 0 aliphatic carbocycles. The highest BCUT2D eigenvalue weighted by Gasteiger charge is 2.12. The van der Waals surface area contributed by atoms with Crippen LogP contribution in [0.25, 0.3) is 11.1 Å². The zero-order valence-corrected chi connectivity index (χ0v) is 15.7. The Morgan fingerprint density at radius 2 is 1.52 bits per heavy atom. The first-order valence-corrected chi connectivity index (χ1v) is 8.74. The van der Waals surface area contributed by atoms with Crippen molar-refractivity contribution in [1.29, 1.82) is 0 Å². The van der Waals surface area contributed by atoms with Crippen molar-refractivity contribution in [3.63, 3.8) is 0 Å². The average Bonchev–Trinajstić information content (AvgIpc) is 2.66. The summed E-state index contributed by atoms with van der Waals surface area (Å²) in [6.07, 6.45) is 0.809. The van der Waals surface area contributed by atoms with Crippen LogP contribution in [-0.4, -0.2) is 30.5 Å². The number of ether oxygens (including phenoxy) is 2. The van der Waals surface area contributed by atoms with Crippen LogP contribution in [0.4, 0.5) is 0 Å². The zero-order valence-electron chi connectivity index (χ0n) is 15.7. The molecule has 0 bridgehead atoms. The third kappa shape index (κ3) is 6.26. The smallest absolute Gasteiger partial charge is 0.338 e. The topological polar surface area (TPSA) is 81.7 Å². The van der Waals surface area contributed by atoms with Crippen LogP contribution in [-0.2, 0) is 14.3 Å². The molecule has 0 saturated heterocycles. The normalized spacial score (nSPS) is 11.4. The molecule has 6 nitrogen and oxygen atoms in total. The minimum atomic E-state index is -0.550. The largest absolute Gasteiger partial charge is 0.452 e. The summed E-state index contributed by atoms with van der Waals surface area (Å²) in [6.45, 7) is 4.89. The van der Waals surface area contributed by atoms with Gasteiger partial charge in [-0.25, -0.2) is 4.79 Å². The van der Waals surface area contributed by atoms with Crippen molar-refractivity contribution in [3.05, 3.63) is 54.1 Å². The van der Waals surface area contributed by atoms with E-state index in [4.69, 9.17) is 9.47 Å². The van der Waals surface area contributed by atoms with Gasteiger partial charge in [0.1, 0.15) is 5.75 Å². The summed E-state index contributed by atoms with van der Waals surface area (Å²) in [5.74, 6) is -0.765. The highest BCUT2D eigenvalue weighted by atomic mass is 16.5. The summed E-state index contributed by atoms with van der Waals surface area (Å²) in [7, 11) is 0. The second-order valence-corrected chi connectivity index (χ2v) is 6.15. The van der Waals surface area contributed by atoms with Crippen molar-refractivity contribution in [2.45, 2.75) is 33.2 Å². The predicted molar refractivity (Wildman–Crippen MR) is 101 cm³/mol. The summed E-state index contributed by atoms with van der Waals surface area (Å²) in [5.41, 5.74) is 2.18. The number of hydrogen-bond acceptors (Lipinski definition) is 5. The molecule has 1 N–H and O–H groups in total. The molecule has 2 aromatic rings. The molecule has 0 spiro atoms. The van der Waals surface area contributed by atoms with Gasteiger partial charge in [-0.05, 0) is 48.7 Å². The van der Waals surface area contributed by atoms with Gasteiger partial charge in [0, 0.05) is 13.0 Å². The van der Waals surface area contributed by atoms with E-state index in [2.05, 4.69) is 5.32 Å². The van der Waals surface area contributed by atoms with Gasteiger partial charge in [0.15, 0.2) is 6.61 Å². The van der Waals surface area contributed by atoms with E-state index in [0.717, 1.165) is 17.5 Å². The summed E-state index contributed by atoms with van der Waals surface area (Å²) < 4.78 is 10.0. The van der Waals surface area contributed by atoms with Crippen molar-refractivity contribution in [3.8, 4) is 16.9 Å². The van der Waals surface area contributed by atoms with Crippen LogP contribution in [0, 0.1) is 0 Å². The first-order valence-electron chi connectivity index (χ1n) is 8.74. The van der Waals surface area contributed by atoms with E-state index in [-0.39, 0.29) is 24.5 Å². The highest BCUT2D eigenvalue weighted by Crippen LogP contribution is 2.23. The molecule has 1 atom stereocenters. The highest BCUT2D eigenvalue weighted by molar-refractivity contribution is 5.91. The maximum atomic E-state index is 12.0. The first-order chi connectivity index (χ1) is 12.9. The Hall–Kier alpha value is -3.15. The molecule has 0 aliphatic rings. The van der Waals surface area contributed by atoms with Crippen LogP contribution in [0.2, 0.25) is 0 Å². The number of carbonyl (C=O) groups excluding carboxylic acids is 3. The Balaban J connectivity index is 1.95. The number of amides is 1. The van der Waals surface area contributed by atoms with Crippen molar-refractivity contribution < 1.29 is 23.9 Å². The molecule has 0 radical (unpaired) electrons. The molecule has 0 saturated carbocycles. The van der Waals surface area contributed by atoms with E-state index in [0.29, 0.717) is 11.3 Å². The lowest BCUT2D eigenvalue weighted by Gasteiger charge is -2.11. The molecule has 27 heavy (non-hydrogen) atoms. The Morgan fingerprint density at radius 3 is 2.04 bits per heavy atom. The van der Waals surface area contributed by atoms with Gasteiger partial charge >= 0.3 is 11.9 Å². The second kappa shape index (κ2) is 9.52. The van der Waals surface area contributed by atoms with Crippen LogP contribution in [0.5, 0.6) is 5.75 Å². The number of hydrogen-bond donors (Lipinski definition) is 1. The Labute approximate surface area is 158 Å². The van der Waals surface area contributed by atoms with Crippen LogP contribution in [0.15, 0.2) is 48.5 Å². The summed E-state index contributed by atoms with van der Waals surface area (Å²) in [5, 5.41) is 2.74. The lowest BCUT2D eigenvalue weighted by atomic mass is 10.0. The minimum Gasteiger partial charge on any atom is -0.452 e. The lowest BCUT2D eigenvalue weighted by molar-refractivity contribution is -0.131. The quantitative estimate of drug-likeness (QED) is 0.598. The third-order valence-corrected chi connectivity index (χ3v) is 3.92. The molecule has 2 rings (SSSR count). The fourth-order valence-electron chi connectivity index (χ4n) is 2.31. The fourth-order valence-corrected chi connectivity index (χ4v) is 2.31. The van der Waals surface area contributed by atoms with Gasteiger partial charge in [-0.15, -0.1) is 0 Å². The summed E-state index contributed by atoms with van der Waals surface area (Å²) in [4.78, 5) is 34.7. The van der Waals surface area contributed by atoms with Crippen LogP contribution in [0.1, 0.15) is 37.6 Å². The van der Waals surface area contributed by atoms with Crippen molar-refractivity contribution >= 4 is 17.8 Å². The first kappa shape index (κ1) is 20.2. The van der Waals surface area contributed by atoms with Crippen molar-refractivity contribution in [1.82, 2.24) is 5.32 Å². The molecular weight excluding hydrogens is 346 g/mol. The van der Waals surface area contributed by atoms with Gasteiger partial charge in [0.25, 0.3) is 5.91 Å². The van der Waals surface area contributed by atoms with Gasteiger partial charge < -0.3 is 14.8 Å². The van der Waals surface area contributed by atoms with E-state index in [1.165, 1.54) is 6.92 Å². The Kier molecular flexibility index (Phi) is 7.11. The number of esters is 2. The Morgan fingerprint density at radius 1 is 0.963 bits per heavy atom. The SMILES string of the molecule is CC[C@@H](C)NC(=O)COC(=O)c1ccc(-c2ccc(OC(C)=O)cc2)cc1. The molecule has 1 amide bonds. The number of benzene rings is 2. The number of nitrogens with one attached hydrogen (secondary N) is 1. The molecule has 6 heteroatoms. The molecule has 0 aliphatic heterocycles. The molecule has 0 heterocycles. The standard InChI is InChI=1S/C21H23NO5/c1-4-14(2)22-20(24)13-26-21(25)18-7-5-16(6-8-18)17-9-11-19(12-10-17)27-15(3)23/h5-12,14H,4,13H2,1-3H3,(H,22,24)/t14-/m1/s1. The van der Waals surface area contributed by atoms with Crippen LogP contribution in [0.3, 0.4) is 0 Å². The van der Waals surface area contributed by atoms with Gasteiger partial charge in [-0.3, -0.25) is 9.59 Å². The molecule has 0 fully saturated rings. The van der Waals surface area contributed by atoms with Crippen molar-refractivity contribution in [2.24, 2.45) is 0 Å². The molecular formula is C21H23NO5. The Bertz CT molecular complexity index is 796. The van der Waals surface area contributed by atoms with Gasteiger partial charge in [-0.2, -0.15) is 0 Å².